The molecule has 14 heteroatoms. The van der Waals surface area contributed by atoms with Crippen LogP contribution >= 0.6 is 0 Å². The van der Waals surface area contributed by atoms with Gasteiger partial charge in [-0.25, -0.2) is 9.37 Å². The van der Waals surface area contributed by atoms with E-state index in [-0.39, 0.29) is 24.8 Å². The number of amides is 1. The Morgan fingerprint density at radius 3 is 2.32 bits per heavy atom. The quantitative estimate of drug-likeness (QED) is 0.448. The number of nitrogens with zero attached hydrogens (tertiary/aromatic N) is 4. The number of nitrogens with two attached hydrogens (primary N) is 1. The third-order valence-electron chi connectivity index (χ3n) is 6.70. The van der Waals surface area contributed by atoms with Crippen LogP contribution in [0.3, 0.4) is 0 Å². The molecule has 200 valence electrons. The van der Waals surface area contributed by atoms with E-state index in [1.54, 1.807) is 12.1 Å². The SMILES string of the molecule is C[C@@](CNc1cc(C(F)(F)F)nc2cc(C(F)(F)F)nn12)(c1ccc(F)cc1)[C@H]1CCN(CC(N)=O)C1. The Balaban J connectivity index is 1.73. The lowest BCUT2D eigenvalue weighted by Gasteiger charge is -2.37. The van der Waals surface area contributed by atoms with Crippen molar-refractivity contribution in [2.45, 2.75) is 31.1 Å². The molecule has 0 radical (unpaired) electrons. The second kappa shape index (κ2) is 9.47. The van der Waals surface area contributed by atoms with Crippen LogP contribution < -0.4 is 11.1 Å². The van der Waals surface area contributed by atoms with Gasteiger partial charge in [-0.1, -0.05) is 19.1 Å². The van der Waals surface area contributed by atoms with E-state index in [0.717, 1.165) is 0 Å². The fraction of sp³-hybridized carbons (Fsp3) is 0.435. The van der Waals surface area contributed by atoms with Crippen LogP contribution in [0, 0.1) is 11.7 Å². The van der Waals surface area contributed by atoms with Gasteiger partial charge >= 0.3 is 12.4 Å². The number of hydrogen-bond acceptors (Lipinski definition) is 5. The molecule has 37 heavy (non-hydrogen) atoms. The van der Waals surface area contributed by atoms with Crippen molar-refractivity contribution in [1.82, 2.24) is 19.5 Å². The van der Waals surface area contributed by atoms with Gasteiger partial charge in [0, 0.05) is 30.6 Å². The number of likely N-dealkylation sites (tertiary alicyclic amines) is 1. The lowest BCUT2D eigenvalue weighted by Crippen LogP contribution is -2.41. The molecule has 0 spiro atoms. The van der Waals surface area contributed by atoms with E-state index in [9.17, 15) is 35.5 Å². The number of nitrogens with one attached hydrogen (secondary N) is 1. The molecule has 0 saturated carbocycles. The molecule has 3 aromatic rings. The first kappa shape index (κ1) is 26.6. The van der Waals surface area contributed by atoms with Crippen molar-refractivity contribution in [3.8, 4) is 0 Å². The maximum atomic E-state index is 13.6. The zero-order chi connectivity index (χ0) is 27.2. The molecule has 4 rings (SSSR count). The number of rotatable bonds is 7. The molecule has 2 atom stereocenters. The highest BCUT2D eigenvalue weighted by Gasteiger charge is 2.41. The van der Waals surface area contributed by atoms with Crippen LogP contribution in [0.4, 0.5) is 36.6 Å². The normalized spacial score (nSPS) is 18.8. The smallest absolute Gasteiger partial charge is 0.369 e. The van der Waals surface area contributed by atoms with Crippen molar-refractivity contribution in [3.05, 3.63) is 59.2 Å². The second-order valence-corrected chi connectivity index (χ2v) is 9.29. The molecular weight excluding hydrogens is 509 g/mol. The summed E-state index contributed by atoms with van der Waals surface area (Å²) in [6.07, 6.45) is -9.20. The number of benzene rings is 1. The second-order valence-electron chi connectivity index (χ2n) is 9.29. The van der Waals surface area contributed by atoms with Crippen molar-refractivity contribution in [1.29, 1.82) is 0 Å². The van der Waals surface area contributed by atoms with Gasteiger partial charge in [0.1, 0.15) is 11.6 Å². The van der Waals surface area contributed by atoms with Crippen LogP contribution in [0.15, 0.2) is 36.4 Å². The van der Waals surface area contributed by atoms with Gasteiger partial charge in [-0.15, -0.1) is 0 Å². The van der Waals surface area contributed by atoms with E-state index in [0.29, 0.717) is 41.7 Å². The van der Waals surface area contributed by atoms with Gasteiger partial charge in [-0.2, -0.15) is 36.0 Å². The maximum absolute atomic E-state index is 13.6. The molecule has 2 aromatic heterocycles. The first-order valence-corrected chi connectivity index (χ1v) is 11.2. The fourth-order valence-electron chi connectivity index (χ4n) is 4.69. The molecule has 0 aliphatic carbocycles. The van der Waals surface area contributed by atoms with Crippen LogP contribution in [-0.2, 0) is 22.6 Å². The predicted octanol–water partition coefficient (Wildman–Crippen LogP) is 4.08. The summed E-state index contributed by atoms with van der Waals surface area (Å²) in [6.45, 7) is 2.77. The molecule has 0 bridgehead atoms. The molecule has 3 N–H and O–H groups in total. The van der Waals surface area contributed by atoms with Gasteiger partial charge < -0.3 is 11.1 Å². The average molecular weight is 532 g/mol. The van der Waals surface area contributed by atoms with Crippen molar-refractivity contribution < 1.29 is 35.5 Å². The zero-order valence-electron chi connectivity index (χ0n) is 19.5. The maximum Gasteiger partial charge on any atom is 0.435 e. The highest BCUT2D eigenvalue weighted by molar-refractivity contribution is 5.75. The van der Waals surface area contributed by atoms with Crippen molar-refractivity contribution in [3.63, 3.8) is 0 Å². The van der Waals surface area contributed by atoms with Crippen molar-refractivity contribution in [2.24, 2.45) is 11.7 Å². The Labute approximate surface area is 206 Å². The number of halogens is 7. The summed E-state index contributed by atoms with van der Waals surface area (Å²) in [6, 6.07) is 6.63. The molecule has 3 heterocycles. The summed E-state index contributed by atoms with van der Waals surface area (Å²) < 4.78 is 94.5. The molecule has 1 amide bonds. The van der Waals surface area contributed by atoms with Gasteiger partial charge in [-0.05, 0) is 36.6 Å². The van der Waals surface area contributed by atoms with Gasteiger partial charge in [-0.3, -0.25) is 9.69 Å². The van der Waals surface area contributed by atoms with Gasteiger partial charge in [0.15, 0.2) is 17.0 Å². The molecule has 1 aliphatic heterocycles. The van der Waals surface area contributed by atoms with Gasteiger partial charge in [0.25, 0.3) is 0 Å². The van der Waals surface area contributed by atoms with Crippen molar-refractivity contribution in [2.75, 3.05) is 31.5 Å². The van der Waals surface area contributed by atoms with Crippen LogP contribution in [0.2, 0.25) is 0 Å². The summed E-state index contributed by atoms with van der Waals surface area (Å²) in [5.41, 5.74) is 1.74. The molecule has 7 nitrogen and oxygen atoms in total. The lowest BCUT2D eigenvalue weighted by atomic mass is 9.71. The summed E-state index contributed by atoms with van der Waals surface area (Å²) >= 11 is 0. The van der Waals surface area contributed by atoms with Crippen LogP contribution in [0.5, 0.6) is 0 Å². The number of carbonyl (C=O) groups is 1. The zero-order valence-corrected chi connectivity index (χ0v) is 19.5. The minimum atomic E-state index is -4.91. The number of carbonyl (C=O) groups excluding carboxylic acids is 1. The van der Waals surface area contributed by atoms with Crippen LogP contribution in [0.1, 0.15) is 30.3 Å². The minimum absolute atomic E-state index is 0.0247. The Bertz CT molecular complexity index is 1290. The third-order valence-corrected chi connectivity index (χ3v) is 6.70. The Hall–Kier alpha value is -3.42. The van der Waals surface area contributed by atoms with Crippen molar-refractivity contribution >= 4 is 17.4 Å². The minimum Gasteiger partial charge on any atom is -0.369 e. The summed E-state index contributed by atoms with van der Waals surface area (Å²) in [5.74, 6) is -1.48. The number of anilines is 1. The summed E-state index contributed by atoms with van der Waals surface area (Å²) in [7, 11) is 0. The van der Waals surface area contributed by atoms with Crippen LogP contribution in [0.25, 0.3) is 5.65 Å². The van der Waals surface area contributed by atoms with E-state index >= 15 is 0 Å². The molecule has 1 aliphatic rings. The molecule has 1 aromatic carbocycles. The van der Waals surface area contributed by atoms with Crippen LogP contribution in [-0.4, -0.2) is 51.6 Å². The van der Waals surface area contributed by atoms with E-state index in [4.69, 9.17) is 5.73 Å². The number of alkyl halides is 6. The number of fused-ring (bicyclic) bond motifs is 1. The van der Waals surface area contributed by atoms with E-state index in [1.807, 2.05) is 11.8 Å². The highest BCUT2D eigenvalue weighted by Crippen LogP contribution is 2.39. The number of aromatic nitrogens is 3. The Kier molecular flexibility index (Phi) is 6.82. The molecule has 0 unspecified atom stereocenters. The van der Waals surface area contributed by atoms with E-state index < -0.39 is 46.5 Å². The van der Waals surface area contributed by atoms with Gasteiger partial charge in [0.05, 0.1) is 6.54 Å². The Morgan fingerprint density at radius 2 is 1.73 bits per heavy atom. The summed E-state index contributed by atoms with van der Waals surface area (Å²) in [4.78, 5) is 16.5. The topological polar surface area (TPSA) is 88.6 Å². The van der Waals surface area contributed by atoms with E-state index in [1.165, 1.54) is 12.1 Å². The lowest BCUT2D eigenvalue weighted by molar-refractivity contribution is -0.142. The largest absolute Gasteiger partial charge is 0.435 e. The molecule has 1 fully saturated rings. The van der Waals surface area contributed by atoms with Gasteiger partial charge in [0.2, 0.25) is 5.91 Å². The summed E-state index contributed by atoms with van der Waals surface area (Å²) in [5, 5.41) is 6.26. The number of hydrogen-bond donors (Lipinski definition) is 2. The highest BCUT2D eigenvalue weighted by atomic mass is 19.4. The predicted molar refractivity (Wildman–Crippen MR) is 119 cm³/mol. The molecule has 1 saturated heterocycles. The standard InChI is InChI=1S/C23H23F7N6O/c1-21(13-2-4-15(24)5-3-13,14-6-7-35(10-14)11-18(31)37)12-32-19-8-16(22(25,26)27)33-20-9-17(23(28,29)30)34-36(19)20/h2-5,8-9,14,32H,6-7,10-12H2,1H3,(H2,31,37)/t14-,21+/m0/s1. The first-order valence-electron chi connectivity index (χ1n) is 11.2. The van der Waals surface area contributed by atoms with E-state index in [2.05, 4.69) is 15.4 Å². The number of primary amides is 1. The monoisotopic (exact) mass is 532 g/mol. The molecular formula is C23H23F7N6O. The Morgan fingerprint density at radius 1 is 1.08 bits per heavy atom. The fourth-order valence-corrected chi connectivity index (χ4v) is 4.69. The first-order chi connectivity index (χ1) is 17.2. The average Bonchev–Trinajstić information content (AvgIpc) is 3.44. The third kappa shape index (κ3) is 5.63.